The number of hydrogen-bond donors (Lipinski definition) is 2. The van der Waals surface area contributed by atoms with Gasteiger partial charge in [-0.15, -0.1) is 12.4 Å². The van der Waals surface area contributed by atoms with Crippen LogP contribution in [0.3, 0.4) is 0 Å². The van der Waals surface area contributed by atoms with E-state index in [-0.39, 0.29) is 45.9 Å². The summed E-state index contributed by atoms with van der Waals surface area (Å²) in [7, 11) is 0. The van der Waals surface area contributed by atoms with E-state index in [0.29, 0.717) is 34.7 Å². The highest BCUT2D eigenvalue weighted by molar-refractivity contribution is 6.39. The van der Waals surface area contributed by atoms with Gasteiger partial charge in [-0.05, 0) is 76.2 Å². The number of nitrogens with zero attached hydrogens (tertiary/aromatic N) is 1. The molecule has 4 aromatic carbocycles. The van der Waals surface area contributed by atoms with Crippen molar-refractivity contribution in [1.82, 2.24) is 0 Å². The summed E-state index contributed by atoms with van der Waals surface area (Å²) in [5.41, 5.74) is 6.47. The molecule has 0 aliphatic heterocycles. The van der Waals surface area contributed by atoms with Crippen LogP contribution < -0.4 is 5.73 Å². The maximum atomic E-state index is 13.4. The van der Waals surface area contributed by atoms with Gasteiger partial charge in [0.15, 0.2) is 0 Å². The minimum absolute atomic E-state index is 0. The van der Waals surface area contributed by atoms with E-state index >= 15 is 0 Å². The molecule has 0 aliphatic carbocycles. The van der Waals surface area contributed by atoms with Crippen molar-refractivity contribution in [1.29, 1.82) is 0 Å². The first-order valence-electron chi connectivity index (χ1n) is 10.7. The Balaban J connectivity index is 0.00000361. The van der Waals surface area contributed by atoms with Gasteiger partial charge in [0.05, 0.1) is 17.5 Å². The maximum absolute atomic E-state index is 13.4. The zero-order chi connectivity index (χ0) is 25.3. The Morgan fingerprint density at radius 3 is 2.25 bits per heavy atom. The molecule has 10 heteroatoms. The summed E-state index contributed by atoms with van der Waals surface area (Å²) in [6.45, 7) is 0.335. The van der Waals surface area contributed by atoms with Crippen LogP contribution in [0.5, 0.6) is 0 Å². The van der Waals surface area contributed by atoms with Crippen molar-refractivity contribution in [3.63, 3.8) is 0 Å². The molecule has 0 aliphatic rings. The van der Waals surface area contributed by atoms with E-state index in [0.717, 1.165) is 17.7 Å². The van der Waals surface area contributed by atoms with Gasteiger partial charge in [0.1, 0.15) is 5.82 Å². The molecule has 0 saturated carbocycles. The number of amidine groups is 1. The lowest BCUT2D eigenvalue weighted by Gasteiger charge is -2.18. The molecule has 3 N–H and O–H groups in total. The first-order valence-corrected chi connectivity index (χ1v) is 11.4. The zero-order valence-corrected chi connectivity index (χ0v) is 20.9. The minimum Gasteiger partial charge on any atom is -0.388 e. The van der Waals surface area contributed by atoms with Crippen molar-refractivity contribution in [2.75, 3.05) is 6.54 Å². The lowest BCUT2D eigenvalue weighted by Crippen LogP contribution is -2.17. The number of benzene rings is 4. The van der Waals surface area contributed by atoms with Crippen LogP contribution in [0.15, 0.2) is 65.7 Å². The SMILES string of the molecule is Cl.NC(CC(O)c1cc2c(Cl)cc(Cl)cc2c2cc(C(F)(F)F)ccc12)=NCCc1ccc(F)cc1. The number of hydrogen-bond acceptors (Lipinski definition) is 2. The molecule has 0 aromatic heterocycles. The quantitative estimate of drug-likeness (QED) is 0.109. The number of aliphatic imine (C=N–C) groups is 1. The molecule has 0 saturated heterocycles. The third kappa shape index (κ3) is 6.21. The Bertz CT molecular complexity index is 1420. The Morgan fingerprint density at radius 2 is 1.58 bits per heavy atom. The molecule has 1 atom stereocenters. The molecular formula is C26H21Cl3F4N2O. The average molecular weight is 560 g/mol. The fraction of sp³-hybridized carbons (Fsp3) is 0.192. The number of nitrogens with two attached hydrogens (primary N) is 1. The molecule has 0 fully saturated rings. The van der Waals surface area contributed by atoms with Crippen LogP contribution in [-0.4, -0.2) is 17.5 Å². The molecule has 4 rings (SSSR count). The van der Waals surface area contributed by atoms with Gasteiger partial charge in [0, 0.05) is 28.4 Å². The topological polar surface area (TPSA) is 58.6 Å². The second-order valence-electron chi connectivity index (χ2n) is 8.18. The Hall–Kier alpha value is -2.58. The van der Waals surface area contributed by atoms with Crippen molar-refractivity contribution < 1.29 is 22.7 Å². The highest BCUT2D eigenvalue weighted by Gasteiger charge is 2.31. The number of halogens is 7. The Kier molecular flexibility index (Phi) is 8.72. The van der Waals surface area contributed by atoms with E-state index in [1.54, 1.807) is 24.3 Å². The maximum Gasteiger partial charge on any atom is 0.416 e. The van der Waals surface area contributed by atoms with Gasteiger partial charge in [0.2, 0.25) is 0 Å². The molecule has 0 bridgehead atoms. The molecule has 3 nitrogen and oxygen atoms in total. The molecule has 36 heavy (non-hydrogen) atoms. The highest BCUT2D eigenvalue weighted by Crippen LogP contribution is 2.40. The standard InChI is InChI=1S/C26H20Cl2F4N2O.ClH/c27-16-10-20-19-9-15(26(30,31)32)3-6-18(19)22(12-21(20)23(28)11-16)24(35)13-25(33)34-8-7-14-1-4-17(29)5-2-14;/h1-6,9-12,24,35H,7-8,13H2,(H2,33,34);1H. The van der Waals surface area contributed by atoms with E-state index < -0.39 is 17.8 Å². The van der Waals surface area contributed by atoms with E-state index in [1.807, 2.05) is 0 Å². The van der Waals surface area contributed by atoms with Crippen LogP contribution in [-0.2, 0) is 12.6 Å². The zero-order valence-electron chi connectivity index (χ0n) is 18.6. The summed E-state index contributed by atoms with van der Waals surface area (Å²) in [5, 5.41) is 13.1. The van der Waals surface area contributed by atoms with Crippen LogP contribution in [0.25, 0.3) is 21.5 Å². The van der Waals surface area contributed by atoms with Gasteiger partial charge < -0.3 is 10.8 Å². The lowest BCUT2D eigenvalue weighted by atomic mass is 9.92. The number of fused-ring (bicyclic) bond motifs is 3. The first kappa shape index (κ1) is 28.0. The first-order chi connectivity index (χ1) is 16.5. The summed E-state index contributed by atoms with van der Waals surface area (Å²) < 4.78 is 53.3. The second-order valence-corrected chi connectivity index (χ2v) is 9.02. The van der Waals surface area contributed by atoms with Crippen LogP contribution in [0.1, 0.15) is 29.2 Å². The van der Waals surface area contributed by atoms with Crippen LogP contribution in [0.4, 0.5) is 17.6 Å². The normalized spacial score (nSPS) is 13.1. The monoisotopic (exact) mass is 558 g/mol. The predicted octanol–water partition coefficient (Wildman–Crippen LogP) is 7.90. The van der Waals surface area contributed by atoms with E-state index in [4.69, 9.17) is 28.9 Å². The molecule has 0 radical (unpaired) electrons. The third-order valence-corrected chi connectivity index (χ3v) is 6.26. The van der Waals surface area contributed by atoms with Gasteiger partial charge in [0.25, 0.3) is 0 Å². The van der Waals surface area contributed by atoms with Crippen LogP contribution in [0.2, 0.25) is 10.0 Å². The van der Waals surface area contributed by atoms with Crippen LogP contribution >= 0.6 is 35.6 Å². The summed E-state index contributed by atoms with van der Waals surface area (Å²) >= 11 is 12.5. The molecule has 4 aromatic rings. The van der Waals surface area contributed by atoms with E-state index in [1.165, 1.54) is 24.3 Å². The van der Waals surface area contributed by atoms with Gasteiger partial charge in [-0.2, -0.15) is 13.2 Å². The number of alkyl halides is 3. The minimum atomic E-state index is -4.54. The molecule has 0 spiro atoms. The smallest absolute Gasteiger partial charge is 0.388 e. The van der Waals surface area contributed by atoms with Gasteiger partial charge in [-0.1, -0.05) is 41.4 Å². The average Bonchev–Trinajstić information content (AvgIpc) is 2.79. The predicted molar refractivity (Wildman–Crippen MR) is 140 cm³/mol. The largest absolute Gasteiger partial charge is 0.416 e. The summed E-state index contributed by atoms with van der Waals surface area (Å²) in [4.78, 5) is 4.27. The fourth-order valence-electron chi connectivity index (χ4n) is 4.01. The summed E-state index contributed by atoms with van der Waals surface area (Å²) in [6, 6.07) is 14.0. The van der Waals surface area contributed by atoms with Crippen molar-refractivity contribution >= 4 is 63.0 Å². The third-order valence-electron chi connectivity index (χ3n) is 5.73. The molecular weight excluding hydrogens is 539 g/mol. The highest BCUT2D eigenvalue weighted by atomic mass is 35.5. The summed E-state index contributed by atoms with van der Waals surface area (Å²) in [6.07, 6.45) is -5.18. The van der Waals surface area contributed by atoms with Crippen molar-refractivity contribution in [3.8, 4) is 0 Å². The van der Waals surface area contributed by atoms with Gasteiger partial charge in [-0.3, -0.25) is 4.99 Å². The fourth-order valence-corrected chi connectivity index (χ4v) is 4.56. The van der Waals surface area contributed by atoms with Gasteiger partial charge in [-0.25, -0.2) is 4.39 Å². The van der Waals surface area contributed by atoms with E-state index in [2.05, 4.69) is 4.99 Å². The summed E-state index contributed by atoms with van der Waals surface area (Å²) in [5.74, 6) is -0.144. The molecule has 0 heterocycles. The molecule has 1 unspecified atom stereocenters. The molecule has 190 valence electrons. The number of aliphatic hydroxyl groups excluding tert-OH is 1. The van der Waals surface area contributed by atoms with E-state index in [9.17, 15) is 22.7 Å². The second kappa shape index (κ2) is 11.2. The number of rotatable bonds is 6. The van der Waals surface area contributed by atoms with Crippen molar-refractivity contribution in [2.24, 2.45) is 10.7 Å². The van der Waals surface area contributed by atoms with Crippen molar-refractivity contribution in [2.45, 2.75) is 25.1 Å². The molecule has 0 amide bonds. The van der Waals surface area contributed by atoms with Crippen LogP contribution in [0, 0.1) is 5.82 Å². The Labute approximate surface area is 220 Å². The number of aliphatic hydroxyl groups is 1. The van der Waals surface area contributed by atoms with Gasteiger partial charge >= 0.3 is 6.18 Å². The van der Waals surface area contributed by atoms with Crippen molar-refractivity contribution in [3.05, 3.63) is 93.2 Å². The Morgan fingerprint density at radius 1 is 0.917 bits per heavy atom. The lowest BCUT2D eigenvalue weighted by molar-refractivity contribution is -0.137.